The van der Waals surface area contributed by atoms with Gasteiger partial charge in [-0.05, 0) is 110 Å². The van der Waals surface area contributed by atoms with Gasteiger partial charge in [0, 0.05) is 51.5 Å². The lowest BCUT2D eigenvalue weighted by atomic mass is 10.2. The van der Waals surface area contributed by atoms with Gasteiger partial charge in [0.25, 0.3) is 11.1 Å². The maximum atomic E-state index is 13.1. The van der Waals surface area contributed by atoms with E-state index >= 15 is 0 Å². The largest absolute Gasteiger partial charge is 0.494 e. The van der Waals surface area contributed by atoms with Crippen molar-refractivity contribution in [3.8, 4) is 17.2 Å². The number of anilines is 1. The number of rotatable bonds is 14. The predicted molar refractivity (Wildman–Crippen MR) is 177 cm³/mol. The number of halogens is 1. The van der Waals surface area contributed by atoms with Crippen LogP contribution in [-0.4, -0.2) is 80.5 Å². The number of nitrogens with zero attached hydrogens (tertiary/aromatic N) is 3. The molecule has 0 radical (unpaired) electrons. The fourth-order valence-corrected chi connectivity index (χ4v) is 6.07. The summed E-state index contributed by atoms with van der Waals surface area (Å²) >= 11 is 6.86. The van der Waals surface area contributed by atoms with E-state index in [9.17, 15) is 9.59 Å². The zero-order valence-electron chi connectivity index (χ0n) is 25.0. The van der Waals surface area contributed by atoms with E-state index < -0.39 is 0 Å². The molecule has 10 heteroatoms. The quantitative estimate of drug-likeness (QED) is 0.136. The third-order valence-corrected chi connectivity index (χ3v) is 8.66. The first-order valence-electron chi connectivity index (χ1n) is 15.0. The summed E-state index contributed by atoms with van der Waals surface area (Å²) in [5.74, 6) is 1.71. The topological polar surface area (TPSA) is 71.6 Å². The van der Waals surface area contributed by atoms with Crippen molar-refractivity contribution in [2.24, 2.45) is 0 Å². The van der Waals surface area contributed by atoms with E-state index in [1.807, 2.05) is 36.4 Å². The number of thioether (sulfide) groups is 1. The van der Waals surface area contributed by atoms with Crippen LogP contribution in [0.4, 0.5) is 10.5 Å². The second kappa shape index (κ2) is 16.1. The molecular weight excluding hydrogens is 598 g/mol. The van der Waals surface area contributed by atoms with E-state index in [0.717, 1.165) is 88.2 Å². The third-order valence-electron chi connectivity index (χ3n) is 7.54. The molecule has 0 aromatic heterocycles. The minimum Gasteiger partial charge on any atom is -0.494 e. The average molecular weight is 636 g/mol. The fraction of sp³-hybridized carbons (Fsp3) is 0.353. The summed E-state index contributed by atoms with van der Waals surface area (Å²) in [5, 5.41) is 0.315. The Morgan fingerprint density at radius 1 is 0.750 bits per heavy atom. The monoisotopic (exact) mass is 635 g/mol. The molecule has 2 aliphatic rings. The molecule has 0 N–H and O–H groups in total. The van der Waals surface area contributed by atoms with Crippen LogP contribution in [0.2, 0.25) is 5.02 Å². The van der Waals surface area contributed by atoms with Crippen molar-refractivity contribution in [2.45, 2.75) is 19.3 Å². The summed E-state index contributed by atoms with van der Waals surface area (Å²) in [4.78, 5) is 32.5. The van der Waals surface area contributed by atoms with Gasteiger partial charge in [-0.25, -0.2) is 4.90 Å². The van der Waals surface area contributed by atoms with E-state index in [-0.39, 0.29) is 11.1 Å². The van der Waals surface area contributed by atoms with Gasteiger partial charge in [-0.2, -0.15) is 0 Å². The molecule has 0 unspecified atom stereocenters. The highest BCUT2D eigenvalue weighted by Gasteiger charge is 2.36. The molecule has 0 atom stereocenters. The Hall–Kier alpha value is -3.34. The van der Waals surface area contributed by atoms with Crippen molar-refractivity contribution in [1.29, 1.82) is 0 Å². The Bertz CT molecular complexity index is 1410. The zero-order chi connectivity index (χ0) is 30.7. The van der Waals surface area contributed by atoms with E-state index in [1.54, 1.807) is 49.6 Å². The molecule has 2 saturated heterocycles. The number of methoxy groups -OCH3 is 1. The molecular formula is C34H38ClN3O5S. The van der Waals surface area contributed by atoms with E-state index in [1.165, 1.54) is 4.90 Å². The molecule has 0 saturated carbocycles. The maximum Gasteiger partial charge on any atom is 0.298 e. The van der Waals surface area contributed by atoms with Gasteiger partial charge in [-0.15, -0.1) is 0 Å². The van der Waals surface area contributed by atoms with Crippen LogP contribution < -0.4 is 14.4 Å². The first-order valence-corrected chi connectivity index (χ1v) is 16.2. The van der Waals surface area contributed by atoms with Gasteiger partial charge in [0.2, 0.25) is 0 Å². The number of carbonyl (C=O) groups excluding carboxylic acids is 2. The Balaban J connectivity index is 1.05. The number of hydrogen-bond donors (Lipinski definition) is 0. The van der Waals surface area contributed by atoms with Crippen molar-refractivity contribution < 1.29 is 23.8 Å². The SMILES string of the molecule is COCCCN1CCN(CCCCOc2ccc(N3C(=O)S/C(=C\c4ccc(Oc5ccc(Cl)cc5)cc4)C3=O)cc2)CC1. The van der Waals surface area contributed by atoms with Crippen LogP contribution in [0.15, 0.2) is 77.7 Å². The molecule has 0 spiro atoms. The number of amides is 2. The fourth-order valence-electron chi connectivity index (χ4n) is 5.10. The Labute approximate surface area is 268 Å². The number of benzene rings is 3. The van der Waals surface area contributed by atoms with Crippen LogP contribution in [0.25, 0.3) is 6.08 Å². The van der Waals surface area contributed by atoms with E-state index in [4.69, 9.17) is 25.8 Å². The molecule has 0 bridgehead atoms. The van der Waals surface area contributed by atoms with E-state index in [2.05, 4.69) is 9.80 Å². The first kappa shape index (κ1) is 32.1. The smallest absolute Gasteiger partial charge is 0.298 e. The van der Waals surface area contributed by atoms with Gasteiger partial charge in [0.1, 0.15) is 17.2 Å². The van der Waals surface area contributed by atoms with Gasteiger partial charge in [-0.3, -0.25) is 9.59 Å². The van der Waals surface area contributed by atoms with Crippen LogP contribution in [0, 0.1) is 0 Å². The molecule has 2 aliphatic heterocycles. The number of hydrogen-bond acceptors (Lipinski definition) is 8. The normalized spacial score (nSPS) is 17.0. The summed E-state index contributed by atoms with van der Waals surface area (Å²) in [6.07, 6.45) is 4.87. The van der Waals surface area contributed by atoms with Crippen molar-refractivity contribution in [3.05, 3.63) is 88.3 Å². The molecule has 3 aromatic carbocycles. The lowest BCUT2D eigenvalue weighted by Gasteiger charge is -2.34. The van der Waals surface area contributed by atoms with Crippen LogP contribution >= 0.6 is 23.4 Å². The van der Waals surface area contributed by atoms with Crippen molar-refractivity contribution in [1.82, 2.24) is 9.80 Å². The van der Waals surface area contributed by atoms with E-state index in [0.29, 0.717) is 33.7 Å². The zero-order valence-corrected chi connectivity index (χ0v) is 26.5. The molecule has 0 aliphatic carbocycles. The van der Waals surface area contributed by atoms with Crippen molar-refractivity contribution in [3.63, 3.8) is 0 Å². The second-order valence-corrected chi connectivity index (χ2v) is 12.2. The van der Waals surface area contributed by atoms with Crippen LogP contribution in [-0.2, 0) is 9.53 Å². The first-order chi connectivity index (χ1) is 21.5. The molecule has 2 amide bonds. The molecule has 232 valence electrons. The van der Waals surface area contributed by atoms with Gasteiger partial charge in [0.05, 0.1) is 17.2 Å². The molecule has 5 rings (SSSR count). The highest BCUT2D eigenvalue weighted by atomic mass is 35.5. The molecule has 8 nitrogen and oxygen atoms in total. The average Bonchev–Trinajstić information content (AvgIpc) is 3.32. The van der Waals surface area contributed by atoms with Crippen molar-refractivity contribution in [2.75, 3.05) is 64.5 Å². The van der Waals surface area contributed by atoms with Gasteiger partial charge in [-0.1, -0.05) is 23.7 Å². The molecule has 3 aromatic rings. The molecule has 44 heavy (non-hydrogen) atoms. The number of piperazine rings is 1. The minimum atomic E-state index is -0.342. The highest BCUT2D eigenvalue weighted by molar-refractivity contribution is 8.19. The number of ether oxygens (including phenoxy) is 3. The second-order valence-electron chi connectivity index (χ2n) is 10.7. The minimum absolute atomic E-state index is 0.326. The number of unbranched alkanes of at least 4 members (excludes halogenated alkanes) is 1. The maximum absolute atomic E-state index is 13.1. The number of imide groups is 1. The standard InChI is InChI=1S/C34H38ClN3O5S/c1-41-23-4-18-37-21-19-36(20-22-37)17-2-3-24-42-29-15-9-28(10-16-29)38-33(39)32(44-34(38)40)25-26-5-11-30(12-6-26)43-31-13-7-27(35)8-14-31/h5-16,25H,2-4,17-24H2,1H3/b32-25-. The van der Waals surface area contributed by atoms with Gasteiger partial charge in [0.15, 0.2) is 0 Å². The lowest BCUT2D eigenvalue weighted by molar-refractivity contribution is -0.113. The predicted octanol–water partition coefficient (Wildman–Crippen LogP) is 7.19. The summed E-state index contributed by atoms with van der Waals surface area (Å²) in [7, 11) is 1.76. The van der Waals surface area contributed by atoms with Crippen LogP contribution in [0.5, 0.6) is 17.2 Å². The Morgan fingerprint density at radius 2 is 1.34 bits per heavy atom. The molecule has 2 heterocycles. The Morgan fingerprint density at radius 3 is 1.98 bits per heavy atom. The third kappa shape index (κ3) is 9.09. The van der Waals surface area contributed by atoms with Gasteiger partial charge >= 0.3 is 0 Å². The lowest BCUT2D eigenvalue weighted by Crippen LogP contribution is -2.46. The Kier molecular flexibility index (Phi) is 11.7. The number of carbonyl (C=O) groups is 2. The van der Waals surface area contributed by atoms with Crippen LogP contribution in [0.1, 0.15) is 24.8 Å². The molecule has 2 fully saturated rings. The summed E-state index contributed by atoms with van der Waals surface area (Å²) < 4.78 is 16.9. The summed E-state index contributed by atoms with van der Waals surface area (Å²) in [6, 6.07) is 21.6. The van der Waals surface area contributed by atoms with Crippen LogP contribution in [0.3, 0.4) is 0 Å². The summed E-state index contributed by atoms with van der Waals surface area (Å²) in [5.41, 5.74) is 1.32. The van der Waals surface area contributed by atoms with Crippen molar-refractivity contribution >= 4 is 46.3 Å². The summed E-state index contributed by atoms with van der Waals surface area (Å²) in [6.45, 7) is 8.14. The highest BCUT2D eigenvalue weighted by Crippen LogP contribution is 2.36. The van der Waals surface area contributed by atoms with Gasteiger partial charge < -0.3 is 24.0 Å².